The minimum absolute atomic E-state index is 0.0546. The molecule has 2 heterocycles. The van der Waals surface area contributed by atoms with Crippen molar-refractivity contribution in [3.63, 3.8) is 0 Å². The van der Waals surface area contributed by atoms with Gasteiger partial charge in [-0.15, -0.1) is 0 Å². The summed E-state index contributed by atoms with van der Waals surface area (Å²) in [7, 11) is 0. The Morgan fingerprint density at radius 1 is 1.15 bits per heavy atom. The van der Waals surface area contributed by atoms with Gasteiger partial charge in [-0.1, -0.05) is 36.8 Å². The zero-order valence-electron chi connectivity index (χ0n) is 15.5. The van der Waals surface area contributed by atoms with E-state index in [2.05, 4.69) is 29.6 Å². The quantitative estimate of drug-likeness (QED) is 0.882. The number of benzene rings is 1. The van der Waals surface area contributed by atoms with Crippen LogP contribution in [0.2, 0.25) is 0 Å². The van der Waals surface area contributed by atoms with Crippen LogP contribution < -0.4 is 5.32 Å². The molecule has 1 aliphatic heterocycles. The second kappa shape index (κ2) is 7.59. The summed E-state index contributed by atoms with van der Waals surface area (Å²) in [5.74, 6) is -0.120. The van der Waals surface area contributed by atoms with Crippen LogP contribution in [0.3, 0.4) is 0 Å². The lowest BCUT2D eigenvalue weighted by Gasteiger charge is -2.43. The lowest BCUT2D eigenvalue weighted by molar-refractivity contribution is -0.126. The summed E-state index contributed by atoms with van der Waals surface area (Å²) in [4.78, 5) is 27.1. The molecule has 2 aliphatic rings. The summed E-state index contributed by atoms with van der Waals surface area (Å²) in [6, 6.07) is 12.2. The Morgan fingerprint density at radius 2 is 1.96 bits per heavy atom. The van der Waals surface area contributed by atoms with Gasteiger partial charge < -0.3 is 14.6 Å². The average molecular weight is 366 g/mol. The minimum atomic E-state index is -0.137. The number of rotatable bonds is 5. The van der Waals surface area contributed by atoms with Crippen LogP contribution in [-0.2, 0) is 10.2 Å². The minimum Gasteiger partial charge on any atom is -0.472 e. The van der Waals surface area contributed by atoms with E-state index in [1.165, 1.54) is 24.5 Å². The molecule has 1 saturated heterocycles. The summed E-state index contributed by atoms with van der Waals surface area (Å²) in [6.45, 7) is 1.86. The number of carbonyl (C=O) groups is 2. The Balaban J connectivity index is 1.36. The third-order valence-corrected chi connectivity index (χ3v) is 6.15. The predicted molar refractivity (Wildman–Crippen MR) is 102 cm³/mol. The van der Waals surface area contributed by atoms with E-state index in [0.29, 0.717) is 25.2 Å². The molecule has 1 aliphatic carbocycles. The number of hydrogen-bond acceptors (Lipinski definition) is 3. The Labute approximate surface area is 159 Å². The molecule has 2 fully saturated rings. The molecule has 142 valence electrons. The molecule has 1 aromatic carbocycles. The van der Waals surface area contributed by atoms with Gasteiger partial charge in [-0.2, -0.15) is 0 Å². The number of carbonyl (C=O) groups excluding carboxylic acids is 2. The molecule has 1 atom stereocenters. The highest BCUT2D eigenvalue weighted by atomic mass is 16.3. The third-order valence-electron chi connectivity index (χ3n) is 6.15. The Bertz CT molecular complexity index is 781. The topological polar surface area (TPSA) is 62.6 Å². The molecule has 0 spiro atoms. The standard InChI is InChI=1S/C22H26N2O3/c25-20(23-16-22(10-5-11-22)19-7-2-1-3-8-19)17-6-4-12-24(14-17)21(26)18-9-13-27-15-18/h1-3,7-9,13,15,17H,4-6,10-12,14,16H2,(H,23,25). The molecule has 5 heteroatoms. The summed E-state index contributed by atoms with van der Waals surface area (Å²) < 4.78 is 5.01. The summed E-state index contributed by atoms with van der Waals surface area (Å²) >= 11 is 0. The van der Waals surface area contributed by atoms with Gasteiger partial charge in [0.05, 0.1) is 17.7 Å². The summed E-state index contributed by atoms with van der Waals surface area (Å²) in [5, 5.41) is 3.19. The van der Waals surface area contributed by atoms with Crippen molar-refractivity contribution in [3.8, 4) is 0 Å². The van der Waals surface area contributed by atoms with Crippen LogP contribution in [0.5, 0.6) is 0 Å². The van der Waals surface area contributed by atoms with Crippen molar-refractivity contribution in [1.29, 1.82) is 0 Å². The van der Waals surface area contributed by atoms with Crippen LogP contribution in [0.15, 0.2) is 53.3 Å². The number of piperidine rings is 1. The van der Waals surface area contributed by atoms with E-state index in [4.69, 9.17) is 4.42 Å². The largest absolute Gasteiger partial charge is 0.472 e. The van der Waals surface area contributed by atoms with Crippen molar-refractivity contribution in [2.75, 3.05) is 19.6 Å². The van der Waals surface area contributed by atoms with Crippen LogP contribution >= 0.6 is 0 Å². The molecule has 1 unspecified atom stereocenters. The Kier molecular flexibility index (Phi) is 5.01. The maximum atomic E-state index is 12.8. The van der Waals surface area contributed by atoms with Crippen molar-refractivity contribution in [1.82, 2.24) is 10.2 Å². The molecule has 2 amide bonds. The van der Waals surface area contributed by atoms with E-state index in [0.717, 1.165) is 25.7 Å². The SMILES string of the molecule is O=C(NCC1(c2ccccc2)CCC1)C1CCCN(C(=O)c2ccoc2)C1. The molecule has 1 aromatic heterocycles. The van der Waals surface area contributed by atoms with Crippen LogP contribution in [0.1, 0.15) is 48.0 Å². The van der Waals surface area contributed by atoms with Crippen molar-refractivity contribution >= 4 is 11.8 Å². The van der Waals surface area contributed by atoms with Crippen LogP contribution in [0, 0.1) is 5.92 Å². The van der Waals surface area contributed by atoms with E-state index in [1.807, 2.05) is 6.07 Å². The van der Waals surface area contributed by atoms with E-state index in [-0.39, 0.29) is 23.1 Å². The van der Waals surface area contributed by atoms with E-state index >= 15 is 0 Å². The van der Waals surface area contributed by atoms with Gasteiger partial charge in [-0.3, -0.25) is 9.59 Å². The number of nitrogens with one attached hydrogen (secondary N) is 1. The Hall–Kier alpha value is -2.56. The number of hydrogen-bond donors (Lipinski definition) is 1. The molecule has 1 N–H and O–H groups in total. The van der Waals surface area contributed by atoms with Gasteiger partial charge in [0.2, 0.25) is 5.91 Å². The van der Waals surface area contributed by atoms with Crippen LogP contribution in [-0.4, -0.2) is 36.3 Å². The fourth-order valence-corrected chi connectivity index (χ4v) is 4.31. The van der Waals surface area contributed by atoms with Crippen LogP contribution in [0.4, 0.5) is 0 Å². The fraction of sp³-hybridized carbons (Fsp3) is 0.455. The number of furan rings is 1. The first-order valence-electron chi connectivity index (χ1n) is 9.83. The molecular formula is C22H26N2O3. The van der Waals surface area contributed by atoms with Crippen molar-refractivity contribution in [2.45, 2.75) is 37.5 Å². The maximum Gasteiger partial charge on any atom is 0.257 e. The second-order valence-electron chi connectivity index (χ2n) is 7.82. The lowest BCUT2D eigenvalue weighted by Crippen LogP contribution is -2.50. The Morgan fingerprint density at radius 3 is 2.63 bits per heavy atom. The van der Waals surface area contributed by atoms with Gasteiger partial charge in [-0.25, -0.2) is 0 Å². The van der Waals surface area contributed by atoms with Gasteiger partial charge in [0.15, 0.2) is 0 Å². The van der Waals surface area contributed by atoms with Gasteiger partial charge in [0.1, 0.15) is 6.26 Å². The van der Waals surface area contributed by atoms with Crippen molar-refractivity contribution in [2.24, 2.45) is 5.92 Å². The fourth-order valence-electron chi connectivity index (χ4n) is 4.31. The highest BCUT2D eigenvalue weighted by Gasteiger charge is 2.39. The van der Waals surface area contributed by atoms with Crippen molar-refractivity contribution < 1.29 is 14.0 Å². The first-order valence-corrected chi connectivity index (χ1v) is 9.83. The molecule has 0 bridgehead atoms. The molecule has 27 heavy (non-hydrogen) atoms. The maximum absolute atomic E-state index is 12.8. The molecule has 2 aromatic rings. The first kappa shape index (κ1) is 17.8. The highest BCUT2D eigenvalue weighted by Crippen LogP contribution is 2.43. The summed E-state index contributed by atoms with van der Waals surface area (Å²) in [6.07, 6.45) is 8.10. The zero-order chi connectivity index (χ0) is 18.7. The van der Waals surface area contributed by atoms with Gasteiger partial charge in [-0.05, 0) is 37.3 Å². The molecular weight excluding hydrogens is 340 g/mol. The first-order chi connectivity index (χ1) is 13.2. The monoisotopic (exact) mass is 366 g/mol. The summed E-state index contributed by atoms with van der Waals surface area (Å²) in [5.41, 5.74) is 1.95. The number of amides is 2. The average Bonchev–Trinajstić information content (AvgIpc) is 3.22. The van der Waals surface area contributed by atoms with E-state index < -0.39 is 0 Å². The molecule has 1 saturated carbocycles. The van der Waals surface area contributed by atoms with E-state index in [9.17, 15) is 9.59 Å². The second-order valence-corrected chi connectivity index (χ2v) is 7.82. The molecule has 0 radical (unpaired) electrons. The van der Waals surface area contributed by atoms with Crippen LogP contribution in [0.25, 0.3) is 0 Å². The molecule has 5 nitrogen and oxygen atoms in total. The molecule has 4 rings (SSSR count). The predicted octanol–water partition coefficient (Wildman–Crippen LogP) is 3.37. The normalized spacial score (nSPS) is 21.3. The van der Waals surface area contributed by atoms with E-state index in [1.54, 1.807) is 11.0 Å². The van der Waals surface area contributed by atoms with Gasteiger partial charge >= 0.3 is 0 Å². The van der Waals surface area contributed by atoms with Gasteiger partial charge in [0.25, 0.3) is 5.91 Å². The third kappa shape index (κ3) is 3.64. The van der Waals surface area contributed by atoms with Gasteiger partial charge in [0, 0.05) is 25.0 Å². The van der Waals surface area contributed by atoms with Crippen molar-refractivity contribution in [3.05, 3.63) is 60.1 Å². The number of nitrogens with zero attached hydrogens (tertiary/aromatic N) is 1. The zero-order valence-corrected chi connectivity index (χ0v) is 15.5. The smallest absolute Gasteiger partial charge is 0.257 e. The highest BCUT2D eigenvalue weighted by molar-refractivity contribution is 5.94. The number of likely N-dealkylation sites (tertiary alicyclic amines) is 1. The lowest BCUT2D eigenvalue weighted by atomic mass is 9.64.